The summed E-state index contributed by atoms with van der Waals surface area (Å²) in [6.07, 6.45) is 0.929. The van der Waals surface area contributed by atoms with Gasteiger partial charge in [-0.2, -0.15) is 0 Å². The van der Waals surface area contributed by atoms with E-state index in [0.29, 0.717) is 0 Å². The van der Waals surface area contributed by atoms with Crippen molar-refractivity contribution in [3.63, 3.8) is 0 Å². The van der Waals surface area contributed by atoms with Crippen LogP contribution in [0.2, 0.25) is 0 Å². The van der Waals surface area contributed by atoms with Gasteiger partial charge in [0.2, 0.25) is 0 Å². The minimum atomic E-state index is -0.138. The number of benzene rings is 2. The molecule has 1 atom stereocenters. The molecule has 0 saturated heterocycles. The number of methoxy groups -OCH3 is 1. The van der Waals surface area contributed by atoms with E-state index in [4.69, 9.17) is 16.3 Å². The highest BCUT2D eigenvalue weighted by atomic mass is 79.9. The van der Waals surface area contributed by atoms with Crippen molar-refractivity contribution in [1.29, 1.82) is 0 Å². The van der Waals surface area contributed by atoms with Gasteiger partial charge in [0.25, 0.3) is 0 Å². The highest BCUT2D eigenvalue weighted by molar-refractivity contribution is 9.10. The molecule has 0 bridgehead atoms. The Morgan fingerprint density at radius 1 is 1.15 bits per heavy atom. The van der Waals surface area contributed by atoms with E-state index >= 15 is 0 Å². The summed E-state index contributed by atoms with van der Waals surface area (Å²) in [4.78, 5) is 0. The summed E-state index contributed by atoms with van der Waals surface area (Å²) in [5.74, 6) is 0. The lowest BCUT2D eigenvalue weighted by molar-refractivity contribution is 0.202. The summed E-state index contributed by atoms with van der Waals surface area (Å²) in [6.45, 7) is 2.82. The molecule has 0 spiro atoms. The minimum absolute atomic E-state index is 0.138. The van der Waals surface area contributed by atoms with Gasteiger partial charge in [-0.25, -0.2) is 0 Å². The first kappa shape index (κ1) is 15.6. The predicted octanol–water partition coefficient (Wildman–Crippen LogP) is 5.27. The molecule has 1 unspecified atom stereocenters. The second kappa shape index (κ2) is 7.26. The van der Waals surface area contributed by atoms with Crippen LogP contribution < -0.4 is 0 Å². The molecule has 0 fully saturated rings. The number of halogens is 2. The molecule has 0 aliphatic carbocycles. The largest absolute Gasteiger partial charge is 0.384 e. The van der Waals surface area contributed by atoms with E-state index in [0.717, 1.165) is 28.6 Å². The smallest absolute Gasteiger partial charge is 0.0846 e. The van der Waals surface area contributed by atoms with Crippen molar-refractivity contribution in [2.24, 2.45) is 0 Å². The molecular formula is C17H18BrClO. The van der Waals surface area contributed by atoms with Crippen LogP contribution in [0.1, 0.15) is 27.6 Å². The number of rotatable bonds is 5. The first-order valence-electron chi connectivity index (χ1n) is 6.59. The summed E-state index contributed by atoms with van der Waals surface area (Å²) in [6, 6.07) is 14.7. The molecule has 20 heavy (non-hydrogen) atoms. The number of hydrogen-bond donors (Lipinski definition) is 0. The topological polar surface area (TPSA) is 9.23 Å². The molecule has 1 nitrogen and oxygen atoms in total. The Morgan fingerprint density at radius 3 is 2.45 bits per heavy atom. The summed E-state index contributed by atoms with van der Waals surface area (Å²) < 4.78 is 6.14. The summed E-state index contributed by atoms with van der Waals surface area (Å²) in [7, 11) is 1.72. The lowest BCUT2D eigenvalue weighted by atomic mass is 10.0. The van der Waals surface area contributed by atoms with Crippen LogP contribution in [0.5, 0.6) is 0 Å². The first-order valence-corrected chi connectivity index (χ1v) is 7.82. The Kier molecular flexibility index (Phi) is 5.64. The summed E-state index contributed by atoms with van der Waals surface area (Å²) in [5.41, 5.74) is 4.70. The van der Waals surface area contributed by atoms with Crippen molar-refractivity contribution < 1.29 is 4.74 Å². The Morgan fingerprint density at radius 2 is 1.85 bits per heavy atom. The average Bonchev–Trinajstić information content (AvgIpc) is 2.45. The van der Waals surface area contributed by atoms with Crippen LogP contribution in [0.25, 0.3) is 0 Å². The minimum Gasteiger partial charge on any atom is -0.384 e. The second-order valence-electron chi connectivity index (χ2n) is 4.87. The lowest BCUT2D eigenvalue weighted by Gasteiger charge is -2.13. The molecule has 0 radical (unpaired) electrons. The van der Waals surface area contributed by atoms with Gasteiger partial charge in [0, 0.05) is 11.6 Å². The van der Waals surface area contributed by atoms with Crippen LogP contribution in [0.4, 0.5) is 0 Å². The fourth-order valence-corrected chi connectivity index (χ4v) is 3.28. The lowest BCUT2D eigenvalue weighted by Crippen LogP contribution is -1.97. The van der Waals surface area contributed by atoms with Crippen LogP contribution in [-0.4, -0.2) is 13.7 Å². The standard InChI is InChI=1S/C17H18BrClO/c1-12-3-8-15(16(18)11-12)17(19)14-6-4-13(5-7-14)9-10-20-2/h3-8,11,17H,9-10H2,1-2H3. The zero-order valence-electron chi connectivity index (χ0n) is 11.7. The van der Waals surface area contributed by atoms with Crippen molar-refractivity contribution in [3.8, 4) is 0 Å². The average molecular weight is 354 g/mol. The van der Waals surface area contributed by atoms with Crippen molar-refractivity contribution in [3.05, 3.63) is 69.2 Å². The normalized spacial score (nSPS) is 12.4. The van der Waals surface area contributed by atoms with Crippen molar-refractivity contribution >= 4 is 27.5 Å². The van der Waals surface area contributed by atoms with Gasteiger partial charge in [-0.05, 0) is 41.7 Å². The molecule has 2 aromatic carbocycles. The molecule has 0 amide bonds. The molecule has 0 saturated carbocycles. The molecule has 0 aromatic heterocycles. The van der Waals surface area contributed by atoms with Crippen molar-refractivity contribution in [1.82, 2.24) is 0 Å². The van der Waals surface area contributed by atoms with E-state index in [-0.39, 0.29) is 5.38 Å². The van der Waals surface area contributed by atoms with Crippen LogP contribution in [0, 0.1) is 6.92 Å². The van der Waals surface area contributed by atoms with E-state index in [2.05, 4.69) is 65.3 Å². The Balaban J connectivity index is 2.18. The van der Waals surface area contributed by atoms with Gasteiger partial charge in [-0.1, -0.05) is 52.3 Å². The fraction of sp³-hybridized carbons (Fsp3) is 0.294. The Bertz CT molecular complexity index is 566. The zero-order chi connectivity index (χ0) is 14.5. The van der Waals surface area contributed by atoms with Gasteiger partial charge in [-0.15, -0.1) is 11.6 Å². The predicted molar refractivity (Wildman–Crippen MR) is 88.6 cm³/mol. The van der Waals surface area contributed by atoms with E-state index in [1.807, 2.05) is 0 Å². The molecular weight excluding hydrogens is 336 g/mol. The molecule has 0 aliphatic rings. The molecule has 2 rings (SSSR count). The van der Waals surface area contributed by atoms with E-state index < -0.39 is 0 Å². The number of hydrogen-bond acceptors (Lipinski definition) is 1. The van der Waals surface area contributed by atoms with Gasteiger partial charge >= 0.3 is 0 Å². The Hall–Kier alpha value is -0.830. The third kappa shape index (κ3) is 3.85. The van der Waals surface area contributed by atoms with Crippen LogP contribution in [0.3, 0.4) is 0 Å². The maximum atomic E-state index is 6.59. The van der Waals surface area contributed by atoms with Gasteiger partial charge in [0.15, 0.2) is 0 Å². The number of alkyl halides is 1. The third-order valence-corrected chi connectivity index (χ3v) is 4.47. The molecule has 0 heterocycles. The molecule has 2 aromatic rings. The molecule has 106 valence electrons. The van der Waals surface area contributed by atoms with Crippen LogP contribution in [-0.2, 0) is 11.2 Å². The van der Waals surface area contributed by atoms with E-state index in [9.17, 15) is 0 Å². The van der Waals surface area contributed by atoms with Gasteiger partial charge < -0.3 is 4.74 Å². The zero-order valence-corrected chi connectivity index (χ0v) is 14.0. The monoisotopic (exact) mass is 352 g/mol. The van der Waals surface area contributed by atoms with E-state index in [1.165, 1.54) is 11.1 Å². The van der Waals surface area contributed by atoms with Crippen LogP contribution >= 0.6 is 27.5 Å². The van der Waals surface area contributed by atoms with Gasteiger partial charge in [0.05, 0.1) is 12.0 Å². The van der Waals surface area contributed by atoms with E-state index in [1.54, 1.807) is 7.11 Å². The van der Waals surface area contributed by atoms with Gasteiger partial charge in [-0.3, -0.25) is 0 Å². The highest BCUT2D eigenvalue weighted by Crippen LogP contribution is 2.34. The molecule has 0 N–H and O–H groups in total. The van der Waals surface area contributed by atoms with Crippen LogP contribution in [0.15, 0.2) is 46.9 Å². The highest BCUT2D eigenvalue weighted by Gasteiger charge is 2.13. The quantitative estimate of drug-likeness (QED) is 0.665. The van der Waals surface area contributed by atoms with Crippen molar-refractivity contribution in [2.45, 2.75) is 18.7 Å². The molecule has 3 heteroatoms. The maximum absolute atomic E-state index is 6.59. The maximum Gasteiger partial charge on any atom is 0.0846 e. The number of aryl methyl sites for hydroxylation is 1. The van der Waals surface area contributed by atoms with Crippen molar-refractivity contribution in [2.75, 3.05) is 13.7 Å². The summed E-state index contributed by atoms with van der Waals surface area (Å²) in [5, 5.41) is -0.138. The molecule has 0 aliphatic heterocycles. The second-order valence-corrected chi connectivity index (χ2v) is 6.16. The third-order valence-electron chi connectivity index (χ3n) is 3.30. The first-order chi connectivity index (χ1) is 9.61. The fourth-order valence-electron chi connectivity index (χ4n) is 2.09. The number of ether oxygens (including phenoxy) is 1. The van der Waals surface area contributed by atoms with Gasteiger partial charge in [0.1, 0.15) is 0 Å². The summed E-state index contributed by atoms with van der Waals surface area (Å²) >= 11 is 10.2. The Labute approximate surface area is 134 Å². The SMILES string of the molecule is COCCc1ccc(C(Cl)c2ccc(C)cc2Br)cc1.